The Morgan fingerprint density at radius 1 is 1.13 bits per heavy atom. The van der Waals surface area contributed by atoms with Crippen molar-refractivity contribution in [3.8, 4) is 0 Å². The molecule has 0 aliphatic carbocycles. The van der Waals surface area contributed by atoms with E-state index in [1.165, 1.54) is 6.92 Å². The van der Waals surface area contributed by atoms with Gasteiger partial charge >= 0.3 is 0 Å². The van der Waals surface area contributed by atoms with Crippen molar-refractivity contribution < 1.29 is 29.9 Å². The van der Waals surface area contributed by atoms with Crippen LogP contribution in [0.5, 0.6) is 0 Å². The van der Waals surface area contributed by atoms with Crippen molar-refractivity contribution in [1.82, 2.24) is 0 Å². The first kappa shape index (κ1) is 12.8. The van der Waals surface area contributed by atoms with Crippen molar-refractivity contribution in [2.45, 2.75) is 37.4 Å². The topological polar surface area (TPSA) is 99.4 Å². The van der Waals surface area contributed by atoms with Gasteiger partial charge in [-0.25, -0.2) is 0 Å². The smallest absolute Gasteiger partial charge is 0.114 e. The summed E-state index contributed by atoms with van der Waals surface area (Å²) in [7, 11) is 0. The zero-order valence-corrected chi connectivity index (χ0v) is 8.61. The molecule has 6 heteroatoms. The van der Waals surface area contributed by atoms with Crippen molar-refractivity contribution >= 4 is 0 Å². The molecule has 0 bridgehead atoms. The van der Waals surface area contributed by atoms with Gasteiger partial charge in [0.1, 0.15) is 24.4 Å². The molecule has 0 radical (unpaired) electrons. The maximum Gasteiger partial charge on any atom is 0.114 e. The Hall–Kier alpha value is -0.240. The molecule has 0 spiro atoms. The fraction of sp³-hybridized carbons (Fsp3) is 1.00. The second kappa shape index (κ2) is 5.74. The van der Waals surface area contributed by atoms with Gasteiger partial charge in [0.05, 0.1) is 25.9 Å². The lowest BCUT2D eigenvalue weighted by atomic mass is 10.1. The first-order valence-corrected chi connectivity index (χ1v) is 4.94. The molecule has 1 unspecified atom stereocenters. The number of hydrogen-bond acceptors (Lipinski definition) is 6. The molecule has 90 valence electrons. The molecule has 0 amide bonds. The average molecular weight is 222 g/mol. The summed E-state index contributed by atoms with van der Waals surface area (Å²) in [4.78, 5) is 0. The van der Waals surface area contributed by atoms with E-state index in [1.54, 1.807) is 0 Å². The van der Waals surface area contributed by atoms with Crippen molar-refractivity contribution in [2.75, 3.05) is 19.8 Å². The minimum Gasteiger partial charge on any atom is -0.394 e. The van der Waals surface area contributed by atoms with E-state index in [1.807, 2.05) is 0 Å². The summed E-state index contributed by atoms with van der Waals surface area (Å²) in [6.07, 6.45) is -2.26. The number of rotatable bonds is 1. The number of ether oxygens (including phenoxy) is 2. The van der Waals surface area contributed by atoms with Gasteiger partial charge in [0.2, 0.25) is 0 Å². The predicted molar refractivity (Wildman–Crippen MR) is 50.3 cm³/mol. The predicted octanol–water partition coefficient (Wildman–Crippen LogP) is -2.13. The van der Waals surface area contributed by atoms with E-state index in [0.29, 0.717) is 0 Å². The van der Waals surface area contributed by atoms with Gasteiger partial charge in [0.15, 0.2) is 0 Å². The van der Waals surface area contributed by atoms with Crippen LogP contribution in [0.25, 0.3) is 0 Å². The van der Waals surface area contributed by atoms with Crippen molar-refractivity contribution in [1.29, 1.82) is 0 Å². The number of fused-ring (bicyclic) bond motifs is 1. The van der Waals surface area contributed by atoms with Crippen LogP contribution in [0.2, 0.25) is 0 Å². The lowest BCUT2D eigenvalue weighted by Crippen LogP contribution is -2.30. The largest absolute Gasteiger partial charge is 0.394 e. The van der Waals surface area contributed by atoms with Crippen LogP contribution in [0, 0.1) is 0 Å². The van der Waals surface area contributed by atoms with E-state index >= 15 is 0 Å². The van der Waals surface area contributed by atoms with E-state index in [2.05, 4.69) is 0 Å². The SMILES string of the molecule is CC(O)CO.O[C@@H]1CO[C@H]2[C@@H]1OC[C@@H]2O. The van der Waals surface area contributed by atoms with Crippen LogP contribution in [0.3, 0.4) is 0 Å². The lowest BCUT2D eigenvalue weighted by molar-refractivity contribution is 0.00205. The van der Waals surface area contributed by atoms with E-state index in [0.717, 1.165) is 0 Å². The highest BCUT2D eigenvalue weighted by Gasteiger charge is 2.46. The van der Waals surface area contributed by atoms with Crippen molar-refractivity contribution in [3.05, 3.63) is 0 Å². The van der Waals surface area contributed by atoms with E-state index in [-0.39, 0.29) is 32.0 Å². The second-order valence-electron chi connectivity index (χ2n) is 3.76. The van der Waals surface area contributed by atoms with Crippen LogP contribution >= 0.6 is 0 Å². The minimum atomic E-state index is -0.560. The molecule has 0 aromatic heterocycles. The summed E-state index contributed by atoms with van der Waals surface area (Å²) in [5.41, 5.74) is 0. The molecular formula is C9H18O6. The molecule has 2 saturated heterocycles. The maximum absolute atomic E-state index is 9.16. The Morgan fingerprint density at radius 3 is 1.73 bits per heavy atom. The summed E-state index contributed by atoms with van der Waals surface area (Å²) in [5.74, 6) is 0. The van der Waals surface area contributed by atoms with Gasteiger partial charge in [-0.05, 0) is 6.92 Å². The third kappa shape index (κ3) is 3.37. The maximum atomic E-state index is 9.16. The van der Waals surface area contributed by atoms with E-state index in [9.17, 15) is 0 Å². The summed E-state index contributed by atoms with van der Waals surface area (Å²) in [6, 6.07) is 0. The summed E-state index contributed by atoms with van der Waals surface area (Å²) < 4.78 is 10.2. The average Bonchev–Trinajstić information content (AvgIpc) is 2.73. The summed E-state index contributed by atoms with van der Waals surface area (Å²) in [6.45, 7) is 1.96. The first-order valence-electron chi connectivity index (χ1n) is 4.94. The van der Waals surface area contributed by atoms with Gasteiger partial charge in [-0.2, -0.15) is 0 Å². The standard InChI is InChI=1S/C6H10O4.C3H8O2/c7-3-1-9-6-4(8)2-10-5(3)6;1-3(5)2-4/h3-8H,1-2H2;3-5H,2H2,1H3/t3-,4+,5-,6-;/m1./s1. The molecule has 6 nitrogen and oxygen atoms in total. The van der Waals surface area contributed by atoms with Gasteiger partial charge in [0.25, 0.3) is 0 Å². The first-order chi connectivity index (χ1) is 7.06. The normalized spacial score (nSPS) is 40.6. The number of aliphatic hydroxyl groups is 4. The van der Waals surface area contributed by atoms with Gasteiger partial charge in [-0.15, -0.1) is 0 Å². The molecule has 15 heavy (non-hydrogen) atoms. The quantitative estimate of drug-likeness (QED) is 0.404. The number of hydrogen-bond donors (Lipinski definition) is 4. The zero-order chi connectivity index (χ0) is 11.4. The second-order valence-corrected chi connectivity index (χ2v) is 3.76. The molecule has 2 aliphatic heterocycles. The highest BCUT2D eigenvalue weighted by atomic mass is 16.6. The fourth-order valence-electron chi connectivity index (χ4n) is 1.46. The van der Waals surface area contributed by atoms with E-state index in [4.69, 9.17) is 29.9 Å². The summed E-state index contributed by atoms with van der Waals surface area (Å²) >= 11 is 0. The molecule has 0 saturated carbocycles. The fourth-order valence-corrected chi connectivity index (χ4v) is 1.46. The molecule has 2 fully saturated rings. The van der Waals surface area contributed by atoms with E-state index < -0.39 is 18.3 Å². The monoisotopic (exact) mass is 222 g/mol. The van der Waals surface area contributed by atoms with Gasteiger partial charge < -0.3 is 29.9 Å². The molecule has 0 aromatic rings. The minimum absolute atomic E-state index is 0.139. The lowest BCUT2D eigenvalue weighted by Gasteiger charge is -2.09. The Balaban J connectivity index is 0.000000195. The molecule has 2 heterocycles. The Labute approximate surface area is 88.1 Å². The summed E-state index contributed by atoms with van der Waals surface area (Å²) in [5, 5.41) is 34.3. The third-order valence-electron chi connectivity index (χ3n) is 2.27. The zero-order valence-electron chi connectivity index (χ0n) is 8.61. The van der Waals surface area contributed by atoms with Gasteiger partial charge in [-0.1, -0.05) is 0 Å². The molecule has 4 N–H and O–H groups in total. The molecule has 2 aliphatic rings. The van der Waals surface area contributed by atoms with Crippen LogP contribution in [-0.2, 0) is 9.47 Å². The Kier molecular flexibility index (Phi) is 4.91. The molecule has 5 atom stereocenters. The van der Waals surface area contributed by atoms with Crippen molar-refractivity contribution in [3.63, 3.8) is 0 Å². The highest BCUT2D eigenvalue weighted by molar-refractivity contribution is 4.93. The highest BCUT2D eigenvalue weighted by Crippen LogP contribution is 2.26. The van der Waals surface area contributed by atoms with Crippen LogP contribution in [0.1, 0.15) is 6.92 Å². The van der Waals surface area contributed by atoms with Gasteiger partial charge in [-0.3, -0.25) is 0 Å². The van der Waals surface area contributed by atoms with Gasteiger partial charge in [0, 0.05) is 0 Å². The number of aliphatic hydroxyl groups excluding tert-OH is 4. The van der Waals surface area contributed by atoms with Crippen LogP contribution < -0.4 is 0 Å². The Morgan fingerprint density at radius 2 is 1.47 bits per heavy atom. The molecule has 0 aromatic carbocycles. The van der Waals surface area contributed by atoms with Crippen molar-refractivity contribution in [2.24, 2.45) is 0 Å². The molecule has 2 rings (SSSR count). The van der Waals surface area contributed by atoms with Crippen LogP contribution in [0.15, 0.2) is 0 Å². The van der Waals surface area contributed by atoms with Crippen LogP contribution in [0.4, 0.5) is 0 Å². The van der Waals surface area contributed by atoms with Crippen LogP contribution in [-0.4, -0.2) is 70.8 Å². The Bertz CT molecular complexity index is 169. The molecular weight excluding hydrogens is 204 g/mol. The third-order valence-corrected chi connectivity index (χ3v) is 2.27.